The molecule has 0 aromatic rings. The van der Waals surface area contributed by atoms with Gasteiger partial charge in [0.2, 0.25) is 0 Å². The van der Waals surface area contributed by atoms with Gasteiger partial charge in [0.05, 0.1) is 6.61 Å². The van der Waals surface area contributed by atoms with Crippen LogP contribution in [0, 0.1) is 5.92 Å². The smallest absolute Gasteiger partial charge is 0.323 e. The molecule has 2 fully saturated rings. The Kier molecular flexibility index (Phi) is 4.87. The highest BCUT2D eigenvalue weighted by Crippen LogP contribution is 2.33. The van der Waals surface area contributed by atoms with Gasteiger partial charge in [0.1, 0.15) is 6.04 Å². The number of nitrogens with one attached hydrogen (secondary N) is 1. The van der Waals surface area contributed by atoms with E-state index in [0.717, 1.165) is 12.3 Å². The summed E-state index contributed by atoms with van der Waals surface area (Å²) in [5.74, 6) is 0.667. The molecule has 3 nitrogen and oxygen atoms in total. The zero-order chi connectivity index (χ0) is 9.97. The van der Waals surface area contributed by atoms with Crippen LogP contribution in [0.2, 0.25) is 0 Å². The van der Waals surface area contributed by atoms with E-state index in [1.54, 1.807) is 0 Å². The Morgan fingerprint density at radius 2 is 2.13 bits per heavy atom. The fourth-order valence-corrected chi connectivity index (χ4v) is 2.75. The molecule has 4 heteroatoms. The molecule has 0 bridgehead atoms. The number of carbonyl (C=O) groups excluding carboxylic acids is 1. The molecule has 0 amide bonds. The summed E-state index contributed by atoms with van der Waals surface area (Å²) in [4.78, 5) is 11.5. The van der Waals surface area contributed by atoms with Crippen molar-refractivity contribution in [3.8, 4) is 0 Å². The largest absolute Gasteiger partial charge is 0.465 e. The van der Waals surface area contributed by atoms with Gasteiger partial charge in [-0.25, -0.2) is 0 Å². The van der Waals surface area contributed by atoms with E-state index in [-0.39, 0.29) is 24.4 Å². The van der Waals surface area contributed by atoms with E-state index < -0.39 is 0 Å². The van der Waals surface area contributed by atoms with Crippen LogP contribution in [0.25, 0.3) is 0 Å². The predicted octanol–water partition coefficient (Wildman–Crippen LogP) is 1.89. The van der Waals surface area contributed by atoms with Crippen molar-refractivity contribution in [1.29, 1.82) is 0 Å². The number of halogens is 1. The van der Waals surface area contributed by atoms with Crippen molar-refractivity contribution in [2.75, 3.05) is 6.61 Å². The SMILES string of the molecule is CCOC(=O)[C@@H]1C[C@H]2CCCC[C@H]2N1.Cl. The second-order valence-electron chi connectivity index (χ2n) is 4.36. The molecule has 1 aliphatic carbocycles. The third-order valence-electron chi connectivity index (χ3n) is 3.43. The quantitative estimate of drug-likeness (QED) is 0.741. The van der Waals surface area contributed by atoms with E-state index in [1.807, 2.05) is 6.92 Å². The lowest BCUT2D eigenvalue weighted by Gasteiger charge is -2.24. The fourth-order valence-electron chi connectivity index (χ4n) is 2.75. The molecule has 1 N–H and O–H groups in total. The number of fused-ring (bicyclic) bond motifs is 1. The summed E-state index contributed by atoms with van der Waals surface area (Å²) in [5, 5.41) is 3.40. The van der Waals surface area contributed by atoms with Crippen molar-refractivity contribution in [3.05, 3.63) is 0 Å². The molecule has 0 unspecified atom stereocenters. The molecule has 2 rings (SSSR count). The standard InChI is InChI=1S/C11H19NO2.ClH/c1-2-14-11(13)10-7-8-5-3-4-6-9(8)12-10;/h8-10,12H,2-7H2,1H3;1H/t8-,9-,10+;/m1./s1. The number of esters is 1. The van der Waals surface area contributed by atoms with Crippen molar-refractivity contribution in [2.45, 2.75) is 51.1 Å². The highest BCUT2D eigenvalue weighted by atomic mass is 35.5. The van der Waals surface area contributed by atoms with Crippen molar-refractivity contribution >= 4 is 18.4 Å². The minimum atomic E-state index is -0.0538. The average Bonchev–Trinajstić information content (AvgIpc) is 2.61. The molecule has 1 saturated carbocycles. The van der Waals surface area contributed by atoms with Gasteiger partial charge in [-0.15, -0.1) is 12.4 Å². The maximum absolute atomic E-state index is 11.5. The van der Waals surface area contributed by atoms with E-state index >= 15 is 0 Å². The number of rotatable bonds is 2. The lowest BCUT2D eigenvalue weighted by atomic mass is 9.85. The van der Waals surface area contributed by atoms with Gasteiger partial charge >= 0.3 is 5.97 Å². The third-order valence-corrected chi connectivity index (χ3v) is 3.43. The molecular weight excluding hydrogens is 214 g/mol. The number of ether oxygens (including phenoxy) is 1. The minimum absolute atomic E-state index is 0. The Bertz CT molecular complexity index is 209. The number of hydrogen-bond acceptors (Lipinski definition) is 3. The first-order valence-electron chi connectivity index (χ1n) is 5.74. The topological polar surface area (TPSA) is 38.3 Å². The first-order chi connectivity index (χ1) is 6.81. The van der Waals surface area contributed by atoms with Crippen LogP contribution >= 0.6 is 12.4 Å². The van der Waals surface area contributed by atoms with Crippen LogP contribution in [-0.2, 0) is 9.53 Å². The van der Waals surface area contributed by atoms with Gasteiger partial charge in [-0.2, -0.15) is 0 Å². The molecule has 0 aromatic carbocycles. The predicted molar refractivity (Wildman–Crippen MR) is 61.2 cm³/mol. The molecule has 0 aromatic heterocycles. The van der Waals surface area contributed by atoms with Crippen LogP contribution in [0.5, 0.6) is 0 Å². The van der Waals surface area contributed by atoms with Crippen molar-refractivity contribution < 1.29 is 9.53 Å². The van der Waals surface area contributed by atoms with Crippen LogP contribution in [0.4, 0.5) is 0 Å². The molecule has 1 aliphatic heterocycles. The van der Waals surface area contributed by atoms with E-state index in [2.05, 4.69) is 5.32 Å². The van der Waals surface area contributed by atoms with Gasteiger partial charge < -0.3 is 10.1 Å². The molecule has 0 radical (unpaired) electrons. The molecule has 2 aliphatic rings. The summed E-state index contributed by atoms with van der Waals surface area (Å²) in [5.41, 5.74) is 0. The van der Waals surface area contributed by atoms with Crippen LogP contribution in [-0.4, -0.2) is 24.7 Å². The van der Waals surface area contributed by atoms with Gasteiger partial charge in [-0.05, 0) is 32.1 Å². The maximum atomic E-state index is 11.5. The summed E-state index contributed by atoms with van der Waals surface area (Å²) in [6, 6.07) is 0.557. The molecule has 1 heterocycles. The van der Waals surface area contributed by atoms with Crippen LogP contribution in [0.1, 0.15) is 39.0 Å². The second-order valence-corrected chi connectivity index (χ2v) is 4.36. The zero-order valence-corrected chi connectivity index (χ0v) is 10.0. The Balaban J connectivity index is 0.00000112. The minimum Gasteiger partial charge on any atom is -0.465 e. The highest BCUT2D eigenvalue weighted by molar-refractivity contribution is 5.85. The Morgan fingerprint density at radius 3 is 2.80 bits per heavy atom. The summed E-state index contributed by atoms with van der Waals surface area (Å²) in [6.45, 7) is 2.35. The number of carbonyl (C=O) groups is 1. The normalized spacial score (nSPS) is 34.1. The van der Waals surface area contributed by atoms with Crippen LogP contribution < -0.4 is 5.32 Å². The van der Waals surface area contributed by atoms with Crippen LogP contribution in [0.15, 0.2) is 0 Å². The molecule has 0 spiro atoms. The monoisotopic (exact) mass is 233 g/mol. The fraction of sp³-hybridized carbons (Fsp3) is 0.909. The first kappa shape index (κ1) is 12.8. The van der Waals surface area contributed by atoms with Crippen molar-refractivity contribution in [2.24, 2.45) is 5.92 Å². The van der Waals surface area contributed by atoms with Gasteiger partial charge in [-0.1, -0.05) is 12.8 Å². The van der Waals surface area contributed by atoms with Crippen molar-refractivity contribution in [1.82, 2.24) is 5.32 Å². The summed E-state index contributed by atoms with van der Waals surface area (Å²) in [6.07, 6.45) is 6.15. The Morgan fingerprint density at radius 1 is 1.40 bits per heavy atom. The van der Waals surface area contributed by atoms with E-state index in [4.69, 9.17) is 4.74 Å². The van der Waals surface area contributed by atoms with Crippen LogP contribution in [0.3, 0.4) is 0 Å². The van der Waals surface area contributed by atoms with Gasteiger partial charge in [-0.3, -0.25) is 4.79 Å². The first-order valence-corrected chi connectivity index (χ1v) is 5.74. The molecule has 3 atom stereocenters. The third kappa shape index (κ3) is 2.85. The van der Waals surface area contributed by atoms with Crippen molar-refractivity contribution in [3.63, 3.8) is 0 Å². The molecule has 15 heavy (non-hydrogen) atoms. The van der Waals surface area contributed by atoms with Gasteiger partial charge in [0.15, 0.2) is 0 Å². The second kappa shape index (κ2) is 5.71. The molecule has 1 saturated heterocycles. The molecular formula is C11H20ClNO2. The lowest BCUT2D eigenvalue weighted by molar-refractivity contribution is -0.145. The van der Waals surface area contributed by atoms with Gasteiger partial charge in [0, 0.05) is 6.04 Å². The summed E-state index contributed by atoms with van der Waals surface area (Å²) >= 11 is 0. The lowest BCUT2D eigenvalue weighted by Crippen LogP contribution is -2.38. The highest BCUT2D eigenvalue weighted by Gasteiger charge is 2.38. The summed E-state index contributed by atoms with van der Waals surface area (Å²) < 4.78 is 5.03. The van der Waals surface area contributed by atoms with E-state index in [9.17, 15) is 4.79 Å². The average molecular weight is 234 g/mol. The maximum Gasteiger partial charge on any atom is 0.323 e. The zero-order valence-electron chi connectivity index (χ0n) is 9.20. The Hall–Kier alpha value is -0.280. The van der Waals surface area contributed by atoms with Gasteiger partial charge in [0.25, 0.3) is 0 Å². The van der Waals surface area contributed by atoms with E-state index in [0.29, 0.717) is 12.6 Å². The summed E-state index contributed by atoms with van der Waals surface area (Å²) in [7, 11) is 0. The number of hydrogen-bond donors (Lipinski definition) is 1. The molecule has 88 valence electrons. The Labute approximate surface area is 97.4 Å². The van der Waals surface area contributed by atoms with E-state index in [1.165, 1.54) is 25.7 Å².